The first-order valence-corrected chi connectivity index (χ1v) is 6.42. The summed E-state index contributed by atoms with van der Waals surface area (Å²) in [5, 5.41) is 0. The van der Waals surface area contributed by atoms with Gasteiger partial charge in [-0.15, -0.1) is 0 Å². The third-order valence-corrected chi connectivity index (χ3v) is 4.34. The molecule has 4 nitrogen and oxygen atoms in total. The molecule has 0 aliphatic carbocycles. The summed E-state index contributed by atoms with van der Waals surface area (Å²) in [5.74, 6) is -1.02. The molecule has 4 heteroatoms. The van der Waals surface area contributed by atoms with Crippen LogP contribution in [0, 0.1) is 11.8 Å². The number of hydrogen-bond donors (Lipinski definition) is 0. The molecule has 3 aliphatic rings. The van der Waals surface area contributed by atoms with Crippen molar-refractivity contribution in [1.29, 1.82) is 0 Å². The van der Waals surface area contributed by atoms with E-state index in [1.54, 1.807) is 12.1 Å². The van der Waals surface area contributed by atoms with E-state index < -0.39 is 5.60 Å². The van der Waals surface area contributed by atoms with E-state index in [9.17, 15) is 9.59 Å². The Kier molecular flexibility index (Phi) is 1.92. The number of hydrogen-bond acceptors (Lipinski definition) is 3. The molecule has 1 aromatic rings. The maximum Gasteiger partial charge on any atom is 0.241 e. The smallest absolute Gasteiger partial charge is 0.241 e. The maximum atomic E-state index is 12.6. The largest absolute Gasteiger partial charge is 0.362 e. The van der Waals surface area contributed by atoms with E-state index in [2.05, 4.69) is 0 Å². The zero-order chi connectivity index (χ0) is 13.2. The lowest BCUT2D eigenvalue weighted by molar-refractivity contribution is -0.126. The minimum absolute atomic E-state index is 0.140. The Morgan fingerprint density at radius 2 is 1.89 bits per heavy atom. The van der Waals surface area contributed by atoms with Gasteiger partial charge in [-0.1, -0.05) is 30.4 Å². The van der Waals surface area contributed by atoms with Gasteiger partial charge < -0.3 is 4.74 Å². The first-order chi connectivity index (χ1) is 9.12. The van der Waals surface area contributed by atoms with Gasteiger partial charge >= 0.3 is 0 Å². The highest BCUT2D eigenvalue weighted by Crippen LogP contribution is 2.52. The Morgan fingerprint density at radius 3 is 2.58 bits per heavy atom. The van der Waals surface area contributed by atoms with Gasteiger partial charge in [0.25, 0.3) is 0 Å². The molecule has 4 rings (SSSR count). The SMILES string of the molecule is C[C@@]12C=C[C@H](O1)[C@@H]1C(=O)N(c3ccccc3)C(=O)[C@@H]12. The van der Waals surface area contributed by atoms with Gasteiger partial charge in [0.1, 0.15) is 0 Å². The molecule has 3 aliphatic heterocycles. The lowest BCUT2D eigenvalue weighted by Crippen LogP contribution is -2.38. The summed E-state index contributed by atoms with van der Waals surface area (Å²) in [6.45, 7) is 1.88. The molecule has 0 unspecified atom stereocenters. The number of benzene rings is 1. The Labute approximate surface area is 110 Å². The van der Waals surface area contributed by atoms with Crippen molar-refractivity contribution in [3.63, 3.8) is 0 Å². The van der Waals surface area contributed by atoms with Gasteiger partial charge in [-0.05, 0) is 19.1 Å². The number of carbonyl (C=O) groups is 2. The number of carbonyl (C=O) groups excluding carboxylic acids is 2. The molecule has 4 atom stereocenters. The molecule has 0 radical (unpaired) electrons. The van der Waals surface area contributed by atoms with Crippen molar-refractivity contribution >= 4 is 17.5 Å². The molecule has 0 saturated carbocycles. The second-order valence-electron chi connectivity index (χ2n) is 5.48. The second kappa shape index (κ2) is 3.33. The lowest BCUT2D eigenvalue weighted by atomic mass is 9.78. The molecule has 0 N–H and O–H groups in total. The maximum absolute atomic E-state index is 12.6. The quantitative estimate of drug-likeness (QED) is 0.564. The van der Waals surface area contributed by atoms with E-state index >= 15 is 0 Å². The van der Waals surface area contributed by atoms with Crippen LogP contribution in [0.25, 0.3) is 0 Å². The average Bonchev–Trinajstić information content (AvgIpc) is 3.00. The third kappa shape index (κ3) is 1.22. The minimum atomic E-state index is -0.619. The summed E-state index contributed by atoms with van der Waals surface area (Å²) < 4.78 is 5.77. The van der Waals surface area contributed by atoms with Gasteiger partial charge in [0.05, 0.1) is 29.2 Å². The van der Waals surface area contributed by atoms with Crippen LogP contribution in [0.15, 0.2) is 42.5 Å². The molecule has 0 spiro atoms. The number of fused-ring (bicyclic) bond motifs is 5. The molecule has 0 aromatic heterocycles. The summed E-state index contributed by atoms with van der Waals surface area (Å²) in [7, 11) is 0. The van der Waals surface area contributed by atoms with Gasteiger partial charge in [-0.2, -0.15) is 0 Å². The van der Waals surface area contributed by atoms with Crippen LogP contribution in [-0.2, 0) is 14.3 Å². The van der Waals surface area contributed by atoms with E-state index in [4.69, 9.17) is 4.74 Å². The van der Waals surface area contributed by atoms with Crippen molar-refractivity contribution in [1.82, 2.24) is 0 Å². The molecule has 96 valence electrons. The Morgan fingerprint density at radius 1 is 1.16 bits per heavy atom. The molecular formula is C15H13NO3. The van der Waals surface area contributed by atoms with E-state index in [0.29, 0.717) is 5.69 Å². The van der Waals surface area contributed by atoms with E-state index in [1.807, 2.05) is 37.3 Å². The molecule has 2 fully saturated rings. The molecule has 3 heterocycles. The topological polar surface area (TPSA) is 46.6 Å². The van der Waals surface area contributed by atoms with E-state index in [1.165, 1.54) is 4.90 Å². The zero-order valence-corrected chi connectivity index (χ0v) is 10.4. The summed E-state index contributed by atoms with van der Waals surface area (Å²) >= 11 is 0. The number of para-hydroxylation sites is 1. The van der Waals surface area contributed by atoms with Crippen molar-refractivity contribution < 1.29 is 14.3 Å². The predicted octanol–water partition coefficient (Wildman–Crippen LogP) is 1.52. The Balaban J connectivity index is 1.80. The summed E-state index contributed by atoms with van der Waals surface area (Å²) in [6.07, 6.45) is 3.57. The van der Waals surface area contributed by atoms with Crippen LogP contribution in [0.4, 0.5) is 5.69 Å². The van der Waals surface area contributed by atoms with Gasteiger partial charge in [0.15, 0.2) is 0 Å². The number of imide groups is 1. The highest BCUT2D eigenvalue weighted by atomic mass is 16.5. The standard InChI is InChI=1S/C15H13NO3/c1-15-8-7-10(19-15)11-12(15)14(18)16(13(11)17)9-5-3-2-4-6-9/h2-8,10-12H,1H3/t10-,11-,12+,15-/m0/s1. The van der Waals surface area contributed by atoms with Crippen LogP contribution >= 0.6 is 0 Å². The number of nitrogens with zero attached hydrogens (tertiary/aromatic N) is 1. The summed E-state index contributed by atoms with van der Waals surface area (Å²) in [4.78, 5) is 26.4. The van der Waals surface area contributed by atoms with Crippen molar-refractivity contribution in [3.05, 3.63) is 42.5 Å². The van der Waals surface area contributed by atoms with Crippen molar-refractivity contribution in [2.24, 2.45) is 11.8 Å². The van der Waals surface area contributed by atoms with E-state index in [-0.39, 0.29) is 29.8 Å². The fraction of sp³-hybridized carbons (Fsp3) is 0.333. The number of rotatable bonds is 1. The van der Waals surface area contributed by atoms with Crippen LogP contribution in [0.5, 0.6) is 0 Å². The summed E-state index contributed by atoms with van der Waals surface area (Å²) in [6, 6.07) is 9.10. The lowest BCUT2D eigenvalue weighted by Gasteiger charge is -2.24. The molecule has 2 bridgehead atoms. The second-order valence-corrected chi connectivity index (χ2v) is 5.48. The average molecular weight is 255 g/mol. The number of ether oxygens (including phenoxy) is 1. The molecular weight excluding hydrogens is 242 g/mol. The third-order valence-electron chi connectivity index (χ3n) is 4.34. The first kappa shape index (κ1) is 10.9. The van der Waals surface area contributed by atoms with Crippen LogP contribution in [-0.4, -0.2) is 23.5 Å². The zero-order valence-electron chi connectivity index (χ0n) is 10.4. The monoisotopic (exact) mass is 255 g/mol. The van der Waals surface area contributed by atoms with E-state index in [0.717, 1.165) is 0 Å². The first-order valence-electron chi connectivity index (χ1n) is 6.42. The highest BCUT2D eigenvalue weighted by molar-refractivity contribution is 6.23. The van der Waals surface area contributed by atoms with Crippen molar-refractivity contribution in [2.45, 2.75) is 18.6 Å². The molecule has 2 saturated heterocycles. The van der Waals surface area contributed by atoms with Crippen LogP contribution in [0.1, 0.15) is 6.92 Å². The fourth-order valence-electron chi connectivity index (χ4n) is 3.48. The van der Waals surface area contributed by atoms with Gasteiger partial charge in [-0.3, -0.25) is 9.59 Å². The van der Waals surface area contributed by atoms with Crippen LogP contribution in [0.2, 0.25) is 0 Å². The Hall–Kier alpha value is -1.94. The van der Waals surface area contributed by atoms with Gasteiger partial charge in [0, 0.05) is 0 Å². The van der Waals surface area contributed by atoms with Gasteiger partial charge in [-0.25, -0.2) is 4.90 Å². The fourth-order valence-corrected chi connectivity index (χ4v) is 3.48. The Bertz CT molecular complexity index is 609. The van der Waals surface area contributed by atoms with Crippen LogP contribution < -0.4 is 4.90 Å². The molecule has 2 amide bonds. The summed E-state index contributed by atoms with van der Waals surface area (Å²) in [5.41, 5.74) is 0.0286. The highest BCUT2D eigenvalue weighted by Gasteiger charge is 2.65. The van der Waals surface area contributed by atoms with Gasteiger partial charge in [0.2, 0.25) is 11.8 Å². The normalized spacial score (nSPS) is 39.2. The van der Waals surface area contributed by atoms with Crippen molar-refractivity contribution in [2.75, 3.05) is 4.90 Å². The number of amides is 2. The molecule has 1 aromatic carbocycles. The number of anilines is 1. The predicted molar refractivity (Wildman–Crippen MR) is 68.3 cm³/mol. The molecule has 19 heavy (non-hydrogen) atoms. The minimum Gasteiger partial charge on any atom is -0.362 e. The van der Waals surface area contributed by atoms with Crippen LogP contribution in [0.3, 0.4) is 0 Å². The van der Waals surface area contributed by atoms with Crippen molar-refractivity contribution in [3.8, 4) is 0 Å².